The standard InChI is InChI=1S/C16H28N4/c1-4-14-13(9-10-17-6-3)15(5-2)19-16(18-14)20-11-7-8-12-20/h17H,4-12H2,1-3H3. The predicted octanol–water partition coefficient (Wildman–Crippen LogP) is 2.35. The highest BCUT2D eigenvalue weighted by Crippen LogP contribution is 2.21. The Morgan fingerprint density at radius 3 is 2.10 bits per heavy atom. The van der Waals surface area contributed by atoms with Crippen LogP contribution in [-0.2, 0) is 19.3 Å². The van der Waals surface area contributed by atoms with Crippen LogP contribution in [0.3, 0.4) is 0 Å². The fourth-order valence-electron chi connectivity index (χ4n) is 2.89. The summed E-state index contributed by atoms with van der Waals surface area (Å²) in [5, 5.41) is 3.40. The number of aromatic nitrogens is 2. The predicted molar refractivity (Wildman–Crippen MR) is 84.5 cm³/mol. The second kappa shape index (κ2) is 7.58. The lowest BCUT2D eigenvalue weighted by molar-refractivity contribution is 0.699. The van der Waals surface area contributed by atoms with E-state index < -0.39 is 0 Å². The van der Waals surface area contributed by atoms with Crippen LogP contribution in [0.5, 0.6) is 0 Å². The van der Waals surface area contributed by atoms with Gasteiger partial charge in [-0.15, -0.1) is 0 Å². The van der Waals surface area contributed by atoms with Gasteiger partial charge >= 0.3 is 0 Å². The summed E-state index contributed by atoms with van der Waals surface area (Å²) in [5.41, 5.74) is 3.87. The third-order valence-electron chi connectivity index (χ3n) is 4.03. The van der Waals surface area contributed by atoms with Crippen molar-refractivity contribution in [1.29, 1.82) is 0 Å². The maximum absolute atomic E-state index is 4.85. The van der Waals surface area contributed by atoms with Crippen molar-refractivity contribution in [3.05, 3.63) is 17.0 Å². The summed E-state index contributed by atoms with van der Waals surface area (Å²) in [6, 6.07) is 0. The number of nitrogens with zero attached hydrogens (tertiary/aromatic N) is 3. The Morgan fingerprint density at radius 2 is 1.60 bits per heavy atom. The molecule has 1 fully saturated rings. The molecule has 2 heterocycles. The lowest BCUT2D eigenvalue weighted by atomic mass is 10.0. The van der Waals surface area contributed by atoms with Crippen molar-refractivity contribution in [2.24, 2.45) is 0 Å². The number of aryl methyl sites for hydroxylation is 2. The molecule has 0 aliphatic carbocycles. The zero-order valence-corrected chi connectivity index (χ0v) is 13.2. The van der Waals surface area contributed by atoms with Gasteiger partial charge in [-0.05, 0) is 50.8 Å². The highest BCUT2D eigenvalue weighted by molar-refractivity contribution is 5.38. The Hall–Kier alpha value is -1.16. The Balaban J connectivity index is 2.25. The number of rotatable bonds is 7. The summed E-state index contributed by atoms with van der Waals surface area (Å²) in [6.45, 7) is 10.8. The van der Waals surface area contributed by atoms with Crippen LogP contribution in [0.15, 0.2) is 0 Å². The lowest BCUT2D eigenvalue weighted by Gasteiger charge is -2.20. The van der Waals surface area contributed by atoms with Crippen LogP contribution in [0.25, 0.3) is 0 Å². The van der Waals surface area contributed by atoms with E-state index in [4.69, 9.17) is 9.97 Å². The van der Waals surface area contributed by atoms with Gasteiger partial charge in [0.25, 0.3) is 0 Å². The van der Waals surface area contributed by atoms with Crippen LogP contribution in [0.4, 0.5) is 5.95 Å². The normalized spacial score (nSPS) is 15.1. The first-order valence-electron chi connectivity index (χ1n) is 8.14. The van der Waals surface area contributed by atoms with Gasteiger partial charge in [0.05, 0.1) is 0 Å². The average Bonchev–Trinajstić information content (AvgIpc) is 3.01. The number of nitrogens with one attached hydrogen (secondary N) is 1. The number of hydrogen-bond acceptors (Lipinski definition) is 4. The molecule has 20 heavy (non-hydrogen) atoms. The molecule has 1 aliphatic heterocycles. The monoisotopic (exact) mass is 276 g/mol. The van der Waals surface area contributed by atoms with Crippen molar-refractivity contribution >= 4 is 5.95 Å². The van der Waals surface area contributed by atoms with Gasteiger partial charge in [-0.2, -0.15) is 0 Å². The van der Waals surface area contributed by atoms with Crippen LogP contribution in [-0.4, -0.2) is 36.1 Å². The van der Waals surface area contributed by atoms with Crippen molar-refractivity contribution < 1.29 is 0 Å². The van der Waals surface area contributed by atoms with Gasteiger partial charge in [0.15, 0.2) is 0 Å². The number of likely N-dealkylation sites (N-methyl/N-ethyl adjacent to an activating group) is 1. The molecule has 0 bridgehead atoms. The largest absolute Gasteiger partial charge is 0.341 e. The van der Waals surface area contributed by atoms with Crippen LogP contribution in [0.2, 0.25) is 0 Å². The van der Waals surface area contributed by atoms with Crippen molar-refractivity contribution in [2.45, 2.75) is 52.9 Å². The van der Waals surface area contributed by atoms with Crippen molar-refractivity contribution in [2.75, 3.05) is 31.1 Å². The minimum Gasteiger partial charge on any atom is -0.341 e. The van der Waals surface area contributed by atoms with E-state index >= 15 is 0 Å². The summed E-state index contributed by atoms with van der Waals surface area (Å²) in [5.74, 6) is 0.961. The molecule has 1 saturated heterocycles. The molecule has 1 aromatic rings. The van der Waals surface area contributed by atoms with E-state index in [2.05, 4.69) is 31.0 Å². The molecule has 0 radical (unpaired) electrons. The lowest BCUT2D eigenvalue weighted by Crippen LogP contribution is -2.24. The van der Waals surface area contributed by atoms with Crippen LogP contribution in [0.1, 0.15) is 50.6 Å². The molecular formula is C16H28N4. The zero-order chi connectivity index (χ0) is 14.4. The SMILES string of the molecule is CCNCCc1c(CC)nc(N2CCCC2)nc1CC. The maximum atomic E-state index is 4.85. The van der Waals surface area contributed by atoms with Gasteiger partial charge in [0.1, 0.15) is 0 Å². The molecule has 0 amide bonds. The van der Waals surface area contributed by atoms with E-state index in [0.717, 1.165) is 51.4 Å². The smallest absolute Gasteiger partial charge is 0.225 e. The molecule has 2 rings (SSSR count). The third-order valence-corrected chi connectivity index (χ3v) is 4.03. The van der Waals surface area contributed by atoms with Gasteiger partial charge in [-0.3, -0.25) is 0 Å². The molecule has 4 nitrogen and oxygen atoms in total. The number of hydrogen-bond donors (Lipinski definition) is 1. The molecule has 112 valence electrons. The van der Waals surface area contributed by atoms with Gasteiger partial charge in [0.2, 0.25) is 5.95 Å². The first kappa shape index (κ1) is 15.2. The number of anilines is 1. The second-order valence-electron chi connectivity index (χ2n) is 5.40. The summed E-state index contributed by atoms with van der Waals surface area (Å²) in [6.07, 6.45) is 5.58. The Morgan fingerprint density at radius 1 is 1.00 bits per heavy atom. The fourth-order valence-corrected chi connectivity index (χ4v) is 2.89. The minimum atomic E-state index is 0.961. The van der Waals surface area contributed by atoms with Gasteiger partial charge < -0.3 is 10.2 Å². The highest BCUT2D eigenvalue weighted by atomic mass is 15.3. The van der Waals surface area contributed by atoms with Crippen molar-refractivity contribution in [3.63, 3.8) is 0 Å². The fraction of sp³-hybridized carbons (Fsp3) is 0.750. The molecule has 4 heteroatoms. The van der Waals surface area contributed by atoms with E-state index in [-0.39, 0.29) is 0 Å². The molecule has 1 aliphatic rings. The van der Waals surface area contributed by atoms with Crippen LogP contribution < -0.4 is 10.2 Å². The quantitative estimate of drug-likeness (QED) is 0.776. The average molecular weight is 276 g/mol. The van der Waals surface area contributed by atoms with Crippen molar-refractivity contribution in [3.8, 4) is 0 Å². The molecule has 0 spiro atoms. The molecule has 0 unspecified atom stereocenters. The van der Waals surface area contributed by atoms with E-state index in [1.54, 1.807) is 0 Å². The first-order chi connectivity index (χ1) is 9.80. The molecule has 1 N–H and O–H groups in total. The van der Waals surface area contributed by atoms with Gasteiger partial charge in [-0.25, -0.2) is 9.97 Å². The highest BCUT2D eigenvalue weighted by Gasteiger charge is 2.18. The Kier molecular flexibility index (Phi) is 5.77. The van der Waals surface area contributed by atoms with Crippen LogP contribution >= 0.6 is 0 Å². The summed E-state index contributed by atoms with van der Waals surface area (Å²) >= 11 is 0. The molecule has 0 atom stereocenters. The molecule has 1 aromatic heterocycles. The summed E-state index contributed by atoms with van der Waals surface area (Å²) in [4.78, 5) is 12.0. The van der Waals surface area contributed by atoms with E-state index in [9.17, 15) is 0 Å². The maximum Gasteiger partial charge on any atom is 0.225 e. The van der Waals surface area contributed by atoms with Crippen LogP contribution in [0, 0.1) is 0 Å². The molecule has 0 saturated carbocycles. The molecular weight excluding hydrogens is 248 g/mol. The first-order valence-corrected chi connectivity index (χ1v) is 8.14. The minimum absolute atomic E-state index is 0.961. The Bertz CT molecular complexity index is 399. The van der Waals surface area contributed by atoms with E-state index in [1.807, 2.05) is 0 Å². The van der Waals surface area contributed by atoms with E-state index in [0.29, 0.717) is 0 Å². The van der Waals surface area contributed by atoms with E-state index in [1.165, 1.54) is 29.8 Å². The summed E-state index contributed by atoms with van der Waals surface area (Å²) in [7, 11) is 0. The topological polar surface area (TPSA) is 41.1 Å². The second-order valence-corrected chi connectivity index (χ2v) is 5.40. The third kappa shape index (κ3) is 3.48. The van der Waals surface area contributed by atoms with Gasteiger partial charge in [-0.1, -0.05) is 20.8 Å². The van der Waals surface area contributed by atoms with Gasteiger partial charge in [0, 0.05) is 24.5 Å². The summed E-state index contributed by atoms with van der Waals surface area (Å²) < 4.78 is 0. The molecule has 0 aromatic carbocycles. The zero-order valence-electron chi connectivity index (χ0n) is 13.2. The Labute approximate surface area is 123 Å². The van der Waals surface area contributed by atoms with Crippen molar-refractivity contribution in [1.82, 2.24) is 15.3 Å².